The highest BCUT2D eigenvalue weighted by Gasteiger charge is 2.19. The second-order valence-electron chi connectivity index (χ2n) is 3.88. The van der Waals surface area contributed by atoms with Gasteiger partial charge in [-0.3, -0.25) is 4.79 Å². The van der Waals surface area contributed by atoms with E-state index in [2.05, 4.69) is 15.7 Å². The van der Waals surface area contributed by atoms with Crippen LogP contribution in [0.1, 0.15) is 25.1 Å². The largest absolute Gasteiger partial charge is 0.390 e. The van der Waals surface area contributed by atoms with Crippen molar-refractivity contribution in [3.8, 4) is 0 Å². The normalized spacial score (nSPS) is 13.8. The van der Waals surface area contributed by atoms with Crippen molar-refractivity contribution < 1.29 is 15.0 Å². The first kappa shape index (κ1) is 14.4. The number of nitrogens with zero attached hydrogens (tertiary/aromatic N) is 1. The van der Waals surface area contributed by atoms with Gasteiger partial charge in [0.15, 0.2) is 0 Å². The summed E-state index contributed by atoms with van der Waals surface area (Å²) in [6.07, 6.45) is -1.88. The first-order valence-electron chi connectivity index (χ1n) is 5.58. The number of nitrogen functional groups attached to an aromatic ring is 1. The number of hydrazine groups is 1. The molecule has 0 bridgehead atoms. The Morgan fingerprint density at radius 1 is 1.50 bits per heavy atom. The van der Waals surface area contributed by atoms with E-state index in [9.17, 15) is 15.0 Å². The van der Waals surface area contributed by atoms with Gasteiger partial charge in [-0.05, 0) is 18.6 Å². The van der Waals surface area contributed by atoms with Gasteiger partial charge in [0.1, 0.15) is 11.9 Å². The number of hydrogen-bond donors (Lipinski definition) is 5. The molecule has 0 spiro atoms. The lowest BCUT2D eigenvalue weighted by Gasteiger charge is -2.17. The van der Waals surface area contributed by atoms with Crippen LogP contribution in [0.25, 0.3) is 0 Å². The second-order valence-corrected chi connectivity index (χ2v) is 3.88. The molecule has 2 unspecified atom stereocenters. The van der Waals surface area contributed by atoms with Gasteiger partial charge in [-0.1, -0.05) is 6.07 Å². The topological polar surface area (TPSA) is 120 Å². The second kappa shape index (κ2) is 6.90. The zero-order chi connectivity index (χ0) is 13.5. The molecule has 1 amide bonds. The van der Waals surface area contributed by atoms with Gasteiger partial charge < -0.3 is 21.0 Å². The minimum atomic E-state index is -1.12. The molecule has 0 aliphatic carbocycles. The van der Waals surface area contributed by atoms with Gasteiger partial charge in [0.05, 0.1) is 11.8 Å². The van der Waals surface area contributed by atoms with Crippen molar-refractivity contribution in [3.63, 3.8) is 0 Å². The Kier molecular flexibility index (Phi) is 5.50. The number of rotatable bonds is 6. The summed E-state index contributed by atoms with van der Waals surface area (Å²) in [4.78, 5) is 14.7. The average molecular weight is 254 g/mol. The van der Waals surface area contributed by atoms with Crippen LogP contribution >= 0.6 is 0 Å². The van der Waals surface area contributed by atoms with Crippen LogP contribution in [0.3, 0.4) is 0 Å². The molecule has 0 aromatic carbocycles. The van der Waals surface area contributed by atoms with E-state index in [0.717, 1.165) is 0 Å². The lowest BCUT2D eigenvalue weighted by molar-refractivity contribution is -0.119. The smallest absolute Gasteiger partial charge is 0.216 e. The number of pyridine rings is 1. The van der Waals surface area contributed by atoms with E-state index < -0.39 is 12.2 Å². The number of carbonyl (C=O) groups excluding carboxylic acids is 1. The minimum Gasteiger partial charge on any atom is -0.390 e. The molecule has 100 valence electrons. The lowest BCUT2D eigenvalue weighted by atomic mass is 10.1. The van der Waals surface area contributed by atoms with E-state index in [1.54, 1.807) is 18.2 Å². The third kappa shape index (κ3) is 4.28. The summed E-state index contributed by atoms with van der Waals surface area (Å²) < 4.78 is 0. The quantitative estimate of drug-likeness (QED) is 0.338. The molecule has 0 saturated heterocycles. The van der Waals surface area contributed by atoms with E-state index in [1.165, 1.54) is 6.92 Å². The zero-order valence-electron chi connectivity index (χ0n) is 10.1. The van der Waals surface area contributed by atoms with Crippen LogP contribution in [0.5, 0.6) is 0 Å². The van der Waals surface area contributed by atoms with E-state index >= 15 is 0 Å². The van der Waals surface area contributed by atoms with Crippen LogP contribution in [0, 0.1) is 0 Å². The van der Waals surface area contributed by atoms with Gasteiger partial charge >= 0.3 is 0 Å². The number of nitrogens with two attached hydrogens (primary N) is 1. The van der Waals surface area contributed by atoms with Gasteiger partial charge in [-0.25, -0.2) is 10.8 Å². The molecule has 1 aromatic heterocycles. The van der Waals surface area contributed by atoms with E-state index in [1.807, 2.05) is 0 Å². The van der Waals surface area contributed by atoms with E-state index in [-0.39, 0.29) is 12.3 Å². The Balaban J connectivity index is 2.56. The molecule has 2 atom stereocenters. The fraction of sp³-hybridized carbons (Fsp3) is 0.455. The summed E-state index contributed by atoms with van der Waals surface area (Å²) in [5.74, 6) is 5.43. The number of aliphatic hydroxyl groups excluding tert-OH is 2. The van der Waals surface area contributed by atoms with Crippen LogP contribution < -0.4 is 16.6 Å². The summed E-state index contributed by atoms with van der Waals surface area (Å²) in [5.41, 5.74) is 2.68. The van der Waals surface area contributed by atoms with E-state index in [4.69, 9.17) is 5.84 Å². The summed E-state index contributed by atoms with van der Waals surface area (Å²) in [6.45, 7) is 1.68. The molecule has 0 saturated carbocycles. The van der Waals surface area contributed by atoms with Gasteiger partial charge in [0.25, 0.3) is 0 Å². The molecule has 0 fully saturated rings. The Bertz CT molecular complexity index is 400. The van der Waals surface area contributed by atoms with Gasteiger partial charge in [-0.2, -0.15) is 0 Å². The van der Waals surface area contributed by atoms with Crippen molar-refractivity contribution in [1.29, 1.82) is 0 Å². The molecule has 7 heteroatoms. The fourth-order valence-electron chi connectivity index (χ4n) is 1.45. The van der Waals surface area contributed by atoms with E-state index in [0.29, 0.717) is 18.1 Å². The number of amides is 1. The van der Waals surface area contributed by atoms with Crippen LogP contribution in [-0.4, -0.2) is 33.8 Å². The average Bonchev–Trinajstić information content (AvgIpc) is 2.37. The van der Waals surface area contributed by atoms with Crippen LogP contribution in [-0.2, 0) is 4.79 Å². The van der Waals surface area contributed by atoms with Gasteiger partial charge in [0.2, 0.25) is 5.91 Å². The highest BCUT2D eigenvalue weighted by atomic mass is 16.3. The van der Waals surface area contributed by atoms with Crippen LogP contribution in [0.15, 0.2) is 18.2 Å². The maximum Gasteiger partial charge on any atom is 0.216 e. The summed E-state index contributed by atoms with van der Waals surface area (Å²) in [7, 11) is 0. The summed E-state index contributed by atoms with van der Waals surface area (Å²) >= 11 is 0. The maximum atomic E-state index is 10.7. The monoisotopic (exact) mass is 254 g/mol. The number of aliphatic hydroxyl groups is 2. The summed E-state index contributed by atoms with van der Waals surface area (Å²) in [5, 5.41) is 22.2. The predicted molar refractivity (Wildman–Crippen MR) is 66.3 cm³/mol. The molecular weight excluding hydrogens is 236 g/mol. The number of carbonyl (C=O) groups is 1. The third-order valence-corrected chi connectivity index (χ3v) is 2.40. The van der Waals surface area contributed by atoms with Crippen LogP contribution in [0.4, 0.5) is 5.82 Å². The Morgan fingerprint density at radius 2 is 2.22 bits per heavy atom. The SMILES string of the molecule is CC(=O)NCCC(O)C(O)c1cccc(NN)n1. The number of hydrogen-bond acceptors (Lipinski definition) is 6. The van der Waals surface area contributed by atoms with Crippen molar-refractivity contribution in [2.45, 2.75) is 25.6 Å². The predicted octanol–water partition coefficient (Wildman–Crippen LogP) is -0.712. The summed E-state index contributed by atoms with van der Waals surface area (Å²) in [6, 6.07) is 4.90. The Morgan fingerprint density at radius 3 is 2.83 bits per heavy atom. The molecule has 0 radical (unpaired) electrons. The fourth-order valence-corrected chi connectivity index (χ4v) is 1.45. The molecular formula is C11H18N4O3. The molecule has 1 rings (SSSR count). The standard InChI is InChI=1S/C11H18N4O3/c1-7(16)13-6-5-9(17)11(18)8-3-2-4-10(14-8)15-12/h2-4,9,11,17-18H,5-6,12H2,1H3,(H,13,16)(H,14,15). The van der Waals surface area contributed by atoms with Gasteiger partial charge in [0, 0.05) is 13.5 Å². The highest BCUT2D eigenvalue weighted by Crippen LogP contribution is 2.18. The number of anilines is 1. The molecule has 7 nitrogen and oxygen atoms in total. The third-order valence-electron chi connectivity index (χ3n) is 2.40. The number of nitrogens with one attached hydrogen (secondary N) is 2. The molecule has 1 heterocycles. The van der Waals surface area contributed by atoms with Crippen molar-refractivity contribution in [3.05, 3.63) is 23.9 Å². The first-order chi connectivity index (χ1) is 8.54. The maximum absolute atomic E-state index is 10.7. The highest BCUT2D eigenvalue weighted by molar-refractivity contribution is 5.72. The Labute approximate surface area is 105 Å². The molecule has 6 N–H and O–H groups in total. The minimum absolute atomic E-state index is 0.177. The van der Waals surface area contributed by atoms with Crippen molar-refractivity contribution >= 4 is 11.7 Å². The molecule has 0 aliphatic heterocycles. The first-order valence-corrected chi connectivity index (χ1v) is 5.58. The van der Waals surface area contributed by atoms with Crippen molar-refractivity contribution in [2.24, 2.45) is 5.84 Å². The van der Waals surface area contributed by atoms with Gasteiger partial charge in [-0.15, -0.1) is 0 Å². The molecule has 18 heavy (non-hydrogen) atoms. The number of aromatic nitrogens is 1. The molecule has 1 aromatic rings. The van der Waals surface area contributed by atoms with Crippen molar-refractivity contribution in [2.75, 3.05) is 12.0 Å². The lowest BCUT2D eigenvalue weighted by Crippen LogP contribution is -2.28. The molecule has 0 aliphatic rings. The van der Waals surface area contributed by atoms with Crippen LogP contribution in [0.2, 0.25) is 0 Å². The zero-order valence-corrected chi connectivity index (χ0v) is 10.1. The van der Waals surface area contributed by atoms with Crippen molar-refractivity contribution in [1.82, 2.24) is 10.3 Å². The Hall–Kier alpha value is -1.70.